The molecule has 33 heavy (non-hydrogen) atoms. The monoisotopic (exact) mass is 446 g/mol. The minimum absolute atomic E-state index is 0.0865. The highest BCUT2D eigenvalue weighted by Crippen LogP contribution is 2.32. The van der Waals surface area contributed by atoms with Crippen LogP contribution in [0.15, 0.2) is 65.5 Å². The van der Waals surface area contributed by atoms with Gasteiger partial charge in [-0.2, -0.15) is 5.10 Å². The van der Waals surface area contributed by atoms with Crippen LogP contribution in [0, 0.1) is 18.8 Å². The average molecular weight is 447 g/mol. The summed E-state index contributed by atoms with van der Waals surface area (Å²) in [5.41, 5.74) is 4.73. The molecule has 4 rings (SSSR count). The minimum atomic E-state index is -0.933. The first kappa shape index (κ1) is 22.9. The summed E-state index contributed by atoms with van der Waals surface area (Å²) in [6.07, 6.45) is 3.92. The third kappa shape index (κ3) is 5.96. The van der Waals surface area contributed by atoms with Gasteiger partial charge in [-0.1, -0.05) is 60.2 Å². The molecular weight excluding hydrogens is 416 g/mol. The van der Waals surface area contributed by atoms with Gasteiger partial charge in [-0.15, -0.1) is 0 Å². The molecule has 0 unspecified atom stereocenters. The molecule has 172 valence electrons. The Balaban J connectivity index is 1.54. The molecule has 0 atom stereocenters. The van der Waals surface area contributed by atoms with Crippen LogP contribution < -0.4 is 5.56 Å². The quantitative estimate of drug-likeness (QED) is 0.538. The molecule has 1 saturated carbocycles. The standard InChI is InChI=1S/C27H30N2O4/c1-19-7-13-23(14-8-19)27-24(22-5-3-2-4-6-22)15-25(30)29(28-27)16-20-9-11-21(12-10-20)17-33-18-26(31)32/h2-8,13-15,20-21H,9-12,16-18H2,1H3,(H,31,32)/t20-,21-. The summed E-state index contributed by atoms with van der Waals surface area (Å²) in [5, 5.41) is 13.6. The van der Waals surface area contributed by atoms with Crippen LogP contribution in [0.25, 0.3) is 22.4 Å². The number of nitrogens with zero attached hydrogens (tertiary/aromatic N) is 2. The number of carboxylic acids is 1. The van der Waals surface area contributed by atoms with Gasteiger partial charge in [0.25, 0.3) is 5.56 Å². The summed E-state index contributed by atoms with van der Waals surface area (Å²) in [7, 11) is 0. The summed E-state index contributed by atoms with van der Waals surface area (Å²) >= 11 is 0. The molecule has 1 aliphatic rings. The maximum absolute atomic E-state index is 13.0. The number of rotatable bonds is 8. The van der Waals surface area contributed by atoms with Crippen LogP contribution in [0.1, 0.15) is 31.2 Å². The zero-order valence-electron chi connectivity index (χ0n) is 18.9. The lowest BCUT2D eigenvalue weighted by Gasteiger charge is -2.28. The second-order valence-corrected chi connectivity index (χ2v) is 8.95. The predicted molar refractivity (Wildman–Crippen MR) is 128 cm³/mol. The predicted octanol–water partition coefficient (Wildman–Crippen LogP) is 4.79. The van der Waals surface area contributed by atoms with Crippen LogP contribution in [0.2, 0.25) is 0 Å². The summed E-state index contributed by atoms with van der Waals surface area (Å²) in [6.45, 7) is 2.89. The lowest BCUT2D eigenvalue weighted by molar-refractivity contribution is -0.142. The number of carboxylic acid groups (broad SMARTS) is 1. The Kier molecular flexibility index (Phi) is 7.35. The van der Waals surface area contributed by atoms with Crippen molar-refractivity contribution in [3.05, 3.63) is 76.6 Å². The summed E-state index contributed by atoms with van der Waals surface area (Å²) in [4.78, 5) is 23.6. The van der Waals surface area contributed by atoms with Crippen molar-refractivity contribution >= 4 is 5.97 Å². The number of carbonyl (C=O) groups is 1. The van der Waals surface area contributed by atoms with Gasteiger partial charge in [0.05, 0.1) is 12.3 Å². The Morgan fingerprint density at radius 1 is 1.00 bits per heavy atom. The van der Waals surface area contributed by atoms with Gasteiger partial charge in [-0.05, 0) is 50.0 Å². The molecule has 1 aliphatic carbocycles. The Morgan fingerprint density at radius 3 is 2.33 bits per heavy atom. The van der Waals surface area contributed by atoms with Gasteiger partial charge in [0.2, 0.25) is 0 Å². The number of hydrogen-bond acceptors (Lipinski definition) is 4. The van der Waals surface area contributed by atoms with E-state index in [1.807, 2.05) is 30.3 Å². The topological polar surface area (TPSA) is 81.4 Å². The highest BCUT2D eigenvalue weighted by atomic mass is 16.5. The number of aromatic nitrogens is 2. The number of aryl methyl sites for hydroxylation is 1. The van der Waals surface area contributed by atoms with E-state index in [1.165, 1.54) is 5.56 Å². The zero-order chi connectivity index (χ0) is 23.2. The fraction of sp³-hybridized carbons (Fsp3) is 0.370. The number of benzene rings is 2. The Bertz CT molecular complexity index is 1130. The first-order valence-corrected chi connectivity index (χ1v) is 11.5. The number of ether oxygens (including phenoxy) is 1. The highest BCUT2D eigenvalue weighted by Gasteiger charge is 2.23. The van der Waals surface area contributed by atoms with Crippen molar-refractivity contribution in [1.82, 2.24) is 9.78 Å². The van der Waals surface area contributed by atoms with E-state index in [-0.39, 0.29) is 12.2 Å². The molecule has 1 fully saturated rings. The molecular formula is C27H30N2O4. The Hall–Kier alpha value is -3.25. The molecule has 1 aromatic heterocycles. The van der Waals surface area contributed by atoms with E-state index in [0.717, 1.165) is 48.1 Å². The van der Waals surface area contributed by atoms with Gasteiger partial charge in [0.1, 0.15) is 6.61 Å². The van der Waals surface area contributed by atoms with Crippen LogP contribution >= 0.6 is 0 Å². The van der Waals surface area contributed by atoms with E-state index >= 15 is 0 Å². The first-order valence-electron chi connectivity index (χ1n) is 11.5. The molecule has 0 aliphatic heterocycles. The molecule has 6 nitrogen and oxygen atoms in total. The lowest BCUT2D eigenvalue weighted by Crippen LogP contribution is -2.29. The number of hydrogen-bond donors (Lipinski definition) is 1. The van der Waals surface area contributed by atoms with Crippen molar-refractivity contribution in [2.75, 3.05) is 13.2 Å². The van der Waals surface area contributed by atoms with Crippen LogP contribution in [-0.4, -0.2) is 34.1 Å². The summed E-state index contributed by atoms with van der Waals surface area (Å²) in [6, 6.07) is 19.9. The van der Waals surface area contributed by atoms with E-state index in [9.17, 15) is 9.59 Å². The van der Waals surface area contributed by atoms with Crippen molar-refractivity contribution in [2.45, 2.75) is 39.2 Å². The van der Waals surface area contributed by atoms with Crippen molar-refractivity contribution in [3.63, 3.8) is 0 Å². The van der Waals surface area contributed by atoms with E-state index in [4.69, 9.17) is 14.9 Å². The molecule has 0 bridgehead atoms. The maximum Gasteiger partial charge on any atom is 0.329 e. The van der Waals surface area contributed by atoms with E-state index in [0.29, 0.717) is 25.0 Å². The molecule has 2 aromatic carbocycles. The average Bonchev–Trinajstić information content (AvgIpc) is 2.82. The third-order valence-corrected chi connectivity index (χ3v) is 6.38. The molecule has 1 heterocycles. The Morgan fingerprint density at radius 2 is 1.67 bits per heavy atom. The summed E-state index contributed by atoms with van der Waals surface area (Å²) in [5.74, 6) is -0.175. The normalized spacial score (nSPS) is 18.2. The van der Waals surface area contributed by atoms with Gasteiger partial charge in [-0.25, -0.2) is 9.48 Å². The molecule has 0 spiro atoms. The van der Waals surface area contributed by atoms with Gasteiger partial charge < -0.3 is 9.84 Å². The van der Waals surface area contributed by atoms with Crippen LogP contribution in [0.4, 0.5) is 0 Å². The van der Waals surface area contributed by atoms with E-state index < -0.39 is 5.97 Å². The Labute approximate surface area is 193 Å². The molecule has 3 aromatic rings. The van der Waals surface area contributed by atoms with Crippen molar-refractivity contribution in [1.29, 1.82) is 0 Å². The fourth-order valence-electron chi connectivity index (χ4n) is 4.52. The summed E-state index contributed by atoms with van der Waals surface area (Å²) < 4.78 is 6.89. The molecule has 0 amide bonds. The first-order chi connectivity index (χ1) is 16.0. The lowest BCUT2D eigenvalue weighted by atomic mass is 9.82. The van der Waals surface area contributed by atoms with Gasteiger partial charge in [0.15, 0.2) is 0 Å². The second kappa shape index (κ2) is 10.6. The SMILES string of the molecule is Cc1ccc(-c2nn(C[C@H]3CC[C@H](COCC(=O)O)CC3)c(=O)cc2-c2ccccc2)cc1. The van der Waals surface area contributed by atoms with Crippen molar-refractivity contribution in [3.8, 4) is 22.4 Å². The van der Waals surface area contributed by atoms with Crippen LogP contribution in [-0.2, 0) is 16.1 Å². The van der Waals surface area contributed by atoms with Crippen LogP contribution in [0.5, 0.6) is 0 Å². The van der Waals surface area contributed by atoms with E-state index in [1.54, 1.807) is 10.7 Å². The molecule has 0 radical (unpaired) electrons. The van der Waals surface area contributed by atoms with Gasteiger partial charge in [0, 0.05) is 23.7 Å². The third-order valence-electron chi connectivity index (χ3n) is 6.38. The fourth-order valence-corrected chi connectivity index (χ4v) is 4.52. The second-order valence-electron chi connectivity index (χ2n) is 8.95. The maximum atomic E-state index is 13.0. The zero-order valence-corrected chi connectivity index (χ0v) is 18.9. The molecule has 0 saturated heterocycles. The van der Waals surface area contributed by atoms with Crippen molar-refractivity contribution < 1.29 is 14.6 Å². The highest BCUT2D eigenvalue weighted by molar-refractivity contribution is 5.80. The smallest absolute Gasteiger partial charge is 0.329 e. The largest absolute Gasteiger partial charge is 0.480 e. The van der Waals surface area contributed by atoms with Crippen LogP contribution in [0.3, 0.4) is 0 Å². The number of aliphatic carboxylic acids is 1. The van der Waals surface area contributed by atoms with Gasteiger partial charge in [-0.3, -0.25) is 4.79 Å². The minimum Gasteiger partial charge on any atom is -0.480 e. The molecule has 1 N–H and O–H groups in total. The van der Waals surface area contributed by atoms with E-state index in [2.05, 4.69) is 31.2 Å². The molecule has 6 heteroatoms. The van der Waals surface area contributed by atoms with Gasteiger partial charge >= 0.3 is 5.97 Å². The van der Waals surface area contributed by atoms with Crippen molar-refractivity contribution in [2.24, 2.45) is 11.8 Å².